The first-order valence-electron chi connectivity index (χ1n) is 13.4. The predicted molar refractivity (Wildman–Crippen MR) is 149 cm³/mol. The Kier molecular flexibility index (Phi) is 9.28. The second kappa shape index (κ2) is 12.5. The second-order valence-electron chi connectivity index (χ2n) is 11.1. The van der Waals surface area contributed by atoms with Crippen LogP contribution in [0.1, 0.15) is 62.9 Å². The molecule has 9 heteroatoms. The first-order valence-corrected chi connectivity index (χ1v) is 13.8. The predicted octanol–water partition coefficient (Wildman–Crippen LogP) is 4.93. The summed E-state index contributed by atoms with van der Waals surface area (Å²) in [5.41, 5.74) is 2.50. The van der Waals surface area contributed by atoms with Crippen molar-refractivity contribution in [2.24, 2.45) is 0 Å². The number of carbonyl (C=O) groups is 2. The molecule has 0 bridgehead atoms. The summed E-state index contributed by atoms with van der Waals surface area (Å²) in [6.45, 7) is 8.98. The molecule has 0 radical (unpaired) electrons. The number of hydrogen-bond acceptors (Lipinski definition) is 7. The molecular formula is C29H39ClN4O4. The van der Waals surface area contributed by atoms with Crippen LogP contribution < -0.4 is 10.2 Å². The highest BCUT2D eigenvalue weighted by Gasteiger charge is 2.29. The number of methoxy groups -OCH3 is 1. The number of pyridine rings is 1. The van der Waals surface area contributed by atoms with Gasteiger partial charge < -0.3 is 19.7 Å². The molecule has 1 N–H and O–H groups in total. The van der Waals surface area contributed by atoms with Crippen LogP contribution in [0.2, 0.25) is 5.02 Å². The number of hydrogen-bond donors (Lipinski definition) is 1. The standard InChI is InChI=1S/C29H39ClN4O4/c1-29(2,3)38-28(36)34-14-6-8-20-10-11-23(32-27(20)34)12-15-33-16-13-24(19-33)31-25(18-26(35)37-4)21-7-5-9-22(30)17-21/h5,7,9-11,17,24-25,31H,6,8,12-16,18-19H2,1-4H3/t24-,25?/m1/s1. The van der Waals surface area contributed by atoms with Crippen molar-refractivity contribution in [1.82, 2.24) is 15.2 Å². The molecule has 2 aliphatic rings. The van der Waals surface area contributed by atoms with E-state index < -0.39 is 5.60 Å². The Hall–Kier alpha value is -2.68. The fourth-order valence-electron chi connectivity index (χ4n) is 5.09. The third kappa shape index (κ3) is 7.68. The zero-order valence-corrected chi connectivity index (χ0v) is 23.6. The topological polar surface area (TPSA) is 84.0 Å². The summed E-state index contributed by atoms with van der Waals surface area (Å²) < 4.78 is 10.6. The minimum atomic E-state index is -0.546. The fraction of sp³-hybridized carbons (Fsp3) is 0.552. The van der Waals surface area contributed by atoms with Crippen molar-refractivity contribution >= 4 is 29.5 Å². The number of amides is 1. The maximum atomic E-state index is 12.8. The van der Waals surface area contributed by atoms with Crippen LogP contribution in [-0.4, -0.2) is 66.9 Å². The van der Waals surface area contributed by atoms with Crippen molar-refractivity contribution in [3.63, 3.8) is 0 Å². The molecule has 0 spiro atoms. The minimum Gasteiger partial charge on any atom is -0.469 e. The Morgan fingerprint density at radius 2 is 2.03 bits per heavy atom. The van der Waals surface area contributed by atoms with E-state index in [-0.39, 0.29) is 30.6 Å². The summed E-state index contributed by atoms with van der Waals surface area (Å²) in [6, 6.07) is 11.9. The number of anilines is 1. The number of likely N-dealkylation sites (tertiary alicyclic amines) is 1. The average Bonchev–Trinajstić information content (AvgIpc) is 3.32. The number of nitrogens with one attached hydrogen (secondary N) is 1. The molecule has 0 saturated carbocycles. The molecule has 38 heavy (non-hydrogen) atoms. The van der Waals surface area contributed by atoms with Gasteiger partial charge in [0.05, 0.1) is 13.5 Å². The summed E-state index contributed by atoms with van der Waals surface area (Å²) in [5, 5.41) is 4.30. The quantitative estimate of drug-likeness (QED) is 0.473. The second-order valence-corrected chi connectivity index (χ2v) is 11.5. The van der Waals surface area contributed by atoms with E-state index in [1.54, 1.807) is 4.90 Å². The molecule has 2 aliphatic heterocycles. The van der Waals surface area contributed by atoms with Gasteiger partial charge in [0, 0.05) is 48.9 Å². The molecule has 0 aliphatic carbocycles. The Balaban J connectivity index is 1.35. The number of esters is 1. The Bertz CT molecular complexity index is 1140. The van der Waals surface area contributed by atoms with Crippen LogP contribution >= 0.6 is 11.6 Å². The van der Waals surface area contributed by atoms with Gasteiger partial charge in [0.1, 0.15) is 11.4 Å². The number of fused-ring (bicyclic) bond motifs is 1. The van der Waals surface area contributed by atoms with Crippen LogP contribution in [0, 0.1) is 0 Å². The first-order chi connectivity index (χ1) is 18.1. The SMILES string of the molecule is COC(=O)CC(N[C@@H]1CCN(CCc2ccc3c(n2)N(C(=O)OC(C)(C)C)CCC3)C1)c1cccc(Cl)c1. The lowest BCUT2D eigenvalue weighted by Crippen LogP contribution is -2.40. The number of aromatic nitrogens is 1. The number of halogens is 1. The van der Waals surface area contributed by atoms with Gasteiger partial charge in [-0.15, -0.1) is 0 Å². The van der Waals surface area contributed by atoms with Crippen LogP contribution in [0.3, 0.4) is 0 Å². The smallest absolute Gasteiger partial charge is 0.416 e. The van der Waals surface area contributed by atoms with Crippen molar-refractivity contribution in [3.05, 3.63) is 58.2 Å². The van der Waals surface area contributed by atoms with Crippen molar-refractivity contribution in [2.75, 3.05) is 38.2 Å². The van der Waals surface area contributed by atoms with Crippen LogP contribution in [0.5, 0.6) is 0 Å². The molecule has 2 aromatic rings. The first kappa shape index (κ1) is 28.3. The van der Waals surface area contributed by atoms with Gasteiger partial charge in [-0.1, -0.05) is 29.8 Å². The maximum absolute atomic E-state index is 12.8. The molecule has 1 aromatic carbocycles. The van der Waals surface area contributed by atoms with Crippen molar-refractivity contribution in [3.8, 4) is 0 Å². The number of benzene rings is 1. The van der Waals surface area contributed by atoms with Crippen molar-refractivity contribution in [2.45, 2.75) is 70.6 Å². The monoisotopic (exact) mass is 542 g/mol. The van der Waals surface area contributed by atoms with Crippen LogP contribution in [-0.2, 0) is 27.1 Å². The summed E-state index contributed by atoms with van der Waals surface area (Å²) in [4.78, 5) is 33.8. The molecule has 206 valence electrons. The van der Waals surface area contributed by atoms with Gasteiger partial charge in [-0.2, -0.15) is 0 Å². The van der Waals surface area contributed by atoms with Crippen LogP contribution in [0.4, 0.5) is 10.6 Å². The Labute approximate surface area is 230 Å². The van der Waals surface area contributed by atoms with Crippen LogP contribution in [0.25, 0.3) is 0 Å². The molecule has 1 aromatic heterocycles. The molecule has 1 saturated heterocycles. The number of ether oxygens (including phenoxy) is 2. The normalized spacial score (nSPS) is 18.7. The highest BCUT2D eigenvalue weighted by Crippen LogP contribution is 2.28. The Morgan fingerprint density at radius 3 is 2.76 bits per heavy atom. The van der Waals surface area contributed by atoms with E-state index in [1.807, 2.05) is 45.0 Å². The molecule has 1 unspecified atom stereocenters. The molecule has 4 rings (SSSR count). The van der Waals surface area contributed by atoms with Gasteiger partial charge in [-0.05, 0) is 75.9 Å². The number of aryl methyl sites for hydroxylation is 1. The molecule has 8 nitrogen and oxygen atoms in total. The maximum Gasteiger partial charge on any atom is 0.416 e. The molecular weight excluding hydrogens is 504 g/mol. The van der Waals surface area contributed by atoms with Crippen LogP contribution in [0.15, 0.2) is 36.4 Å². The van der Waals surface area contributed by atoms with Gasteiger partial charge in [-0.25, -0.2) is 9.78 Å². The van der Waals surface area contributed by atoms with Gasteiger partial charge in [-0.3, -0.25) is 9.69 Å². The summed E-state index contributed by atoms with van der Waals surface area (Å²) >= 11 is 6.21. The third-order valence-electron chi connectivity index (χ3n) is 6.95. The van der Waals surface area contributed by atoms with Gasteiger partial charge >= 0.3 is 12.1 Å². The van der Waals surface area contributed by atoms with E-state index in [0.29, 0.717) is 11.6 Å². The number of carbonyl (C=O) groups excluding carboxylic acids is 2. The lowest BCUT2D eigenvalue weighted by Gasteiger charge is -2.31. The number of rotatable bonds is 8. The molecule has 2 atom stereocenters. The number of nitrogens with zero attached hydrogens (tertiary/aromatic N) is 3. The van der Waals surface area contributed by atoms with Gasteiger partial charge in [0.25, 0.3) is 0 Å². The van der Waals surface area contributed by atoms with E-state index >= 15 is 0 Å². The molecule has 1 amide bonds. The highest BCUT2D eigenvalue weighted by molar-refractivity contribution is 6.30. The van der Waals surface area contributed by atoms with E-state index in [0.717, 1.165) is 68.0 Å². The minimum absolute atomic E-state index is 0.160. The zero-order valence-electron chi connectivity index (χ0n) is 22.8. The van der Waals surface area contributed by atoms with Gasteiger partial charge in [0.15, 0.2) is 0 Å². The van der Waals surface area contributed by atoms with Crippen molar-refractivity contribution in [1.29, 1.82) is 0 Å². The lowest BCUT2D eigenvalue weighted by molar-refractivity contribution is -0.141. The largest absolute Gasteiger partial charge is 0.469 e. The van der Waals surface area contributed by atoms with E-state index in [1.165, 1.54) is 7.11 Å². The summed E-state index contributed by atoms with van der Waals surface area (Å²) in [6.07, 6.45) is 3.52. The van der Waals surface area contributed by atoms with E-state index in [4.69, 9.17) is 26.1 Å². The average molecular weight is 543 g/mol. The zero-order chi connectivity index (χ0) is 27.3. The molecule has 1 fully saturated rings. The third-order valence-corrected chi connectivity index (χ3v) is 7.19. The van der Waals surface area contributed by atoms with E-state index in [2.05, 4.69) is 22.3 Å². The molecule has 3 heterocycles. The fourth-order valence-corrected chi connectivity index (χ4v) is 5.29. The highest BCUT2D eigenvalue weighted by atomic mass is 35.5. The lowest BCUT2D eigenvalue weighted by atomic mass is 10.0. The van der Waals surface area contributed by atoms with E-state index in [9.17, 15) is 9.59 Å². The van der Waals surface area contributed by atoms with Crippen molar-refractivity contribution < 1.29 is 19.1 Å². The summed E-state index contributed by atoms with van der Waals surface area (Å²) in [7, 11) is 1.41. The van der Waals surface area contributed by atoms with Gasteiger partial charge in [0.2, 0.25) is 0 Å². The summed E-state index contributed by atoms with van der Waals surface area (Å²) in [5.74, 6) is 0.479. The Morgan fingerprint density at radius 1 is 1.21 bits per heavy atom.